The number of hydrogen-bond acceptors (Lipinski definition) is 10. The highest BCUT2D eigenvalue weighted by atomic mass is 32.1. The Bertz CT molecular complexity index is 1710. The Hall–Kier alpha value is -3.91. The van der Waals surface area contributed by atoms with Gasteiger partial charge in [-0.2, -0.15) is 0 Å². The second kappa shape index (κ2) is 11.5. The smallest absolute Gasteiger partial charge is 0.465 e. The van der Waals surface area contributed by atoms with E-state index in [-0.39, 0.29) is 17.8 Å². The summed E-state index contributed by atoms with van der Waals surface area (Å²) in [5.41, 5.74) is 3.60. The number of alkyl halides is 3. The van der Waals surface area contributed by atoms with Gasteiger partial charge in [0.25, 0.3) is 0 Å². The molecular formula is C31H34F3N7O3S. The zero-order valence-electron chi connectivity index (χ0n) is 25.1. The Morgan fingerprint density at radius 2 is 1.80 bits per heavy atom. The van der Waals surface area contributed by atoms with Crippen LogP contribution >= 0.6 is 11.3 Å². The molecule has 14 heteroatoms. The lowest BCUT2D eigenvalue weighted by molar-refractivity contribution is -0.274. The van der Waals surface area contributed by atoms with Crippen molar-refractivity contribution in [3.8, 4) is 17.1 Å². The number of esters is 1. The van der Waals surface area contributed by atoms with Gasteiger partial charge in [0.15, 0.2) is 0 Å². The van der Waals surface area contributed by atoms with E-state index < -0.39 is 11.8 Å². The summed E-state index contributed by atoms with van der Waals surface area (Å²) in [5, 5.41) is 13.5. The van der Waals surface area contributed by atoms with Crippen LogP contribution in [0.15, 0.2) is 36.4 Å². The van der Waals surface area contributed by atoms with E-state index in [1.54, 1.807) is 19.1 Å². The van der Waals surface area contributed by atoms with Gasteiger partial charge in [-0.3, -0.25) is 4.79 Å². The largest absolute Gasteiger partial charge is 0.573 e. The molecule has 2 aliphatic carbocycles. The molecule has 10 nitrogen and oxygen atoms in total. The molecule has 0 unspecified atom stereocenters. The van der Waals surface area contributed by atoms with Crippen molar-refractivity contribution in [3.05, 3.63) is 41.4 Å². The van der Waals surface area contributed by atoms with Crippen molar-refractivity contribution in [2.45, 2.75) is 57.3 Å². The number of halogens is 3. The predicted octanol–water partition coefficient (Wildman–Crippen LogP) is 6.27. The van der Waals surface area contributed by atoms with E-state index in [1.807, 2.05) is 6.07 Å². The number of fused-ring (bicyclic) bond motifs is 1. The fraction of sp³-hybridized carbons (Fsp3) is 0.484. The van der Waals surface area contributed by atoms with E-state index in [2.05, 4.69) is 47.6 Å². The number of aromatic nitrogens is 4. The molecule has 1 N–H and O–H groups in total. The number of imidazole rings is 1. The van der Waals surface area contributed by atoms with Gasteiger partial charge in [0.2, 0.25) is 5.13 Å². The molecule has 0 atom stereocenters. The third-order valence-corrected chi connectivity index (χ3v) is 9.76. The molecule has 1 aliphatic heterocycles. The number of anilines is 3. The van der Waals surface area contributed by atoms with Crippen molar-refractivity contribution >= 4 is 44.8 Å². The highest BCUT2D eigenvalue weighted by molar-refractivity contribution is 7.15. The Morgan fingerprint density at radius 1 is 1.07 bits per heavy atom. The zero-order chi connectivity index (χ0) is 31.3. The zero-order valence-corrected chi connectivity index (χ0v) is 25.9. The van der Waals surface area contributed by atoms with Gasteiger partial charge in [0.1, 0.15) is 22.0 Å². The maximum Gasteiger partial charge on any atom is 0.573 e. The number of benzene rings is 2. The minimum absolute atomic E-state index is 0.250. The number of carbonyl (C=O) groups is 1. The normalized spacial score (nSPS) is 18.3. The van der Waals surface area contributed by atoms with Gasteiger partial charge in [-0.1, -0.05) is 18.3 Å². The first-order valence-electron chi connectivity index (χ1n) is 15.3. The summed E-state index contributed by atoms with van der Waals surface area (Å²) in [7, 11) is 0. The van der Waals surface area contributed by atoms with Crippen LogP contribution in [0.25, 0.3) is 22.4 Å². The summed E-state index contributed by atoms with van der Waals surface area (Å²) in [6.45, 7) is 8.88. The second-order valence-electron chi connectivity index (χ2n) is 11.7. The lowest BCUT2D eigenvalue weighted by atomic mass is 10.1. The first-order chi connectivity index (χ1) is 21.7. The Kier molecular flexibility index (Phi) is 7.59. The average Bonchev–Trinajstić information content (AvgIpc) is 3.95. The first kappa shape index (κ1) is 29.8. The van der Waals surface area contributed by atoms with Crippen molar-refractivity contribution in [1.82, 2.24) is 24.6 Å². The lowest BCUT2D eigenvalue weighted by Gasteiger charge is -2.36. The topological polar surface area (TPSA) is 97.6 Å². The number of carbonyl (C=O) groups excluding carboxylic acids is 1. The third kappa shape index (κ3) is 5.92. The number of likely N-dealkylation sites (N-methyl/N-ethyl adjacent to an activating group) is 1. The van der Waals surface area contributed by atoms with Crippen LogP contribution in [-0.4, -0.2) is 76.3 Å². The van der Waals surface area contributed by atoms with Crippen molar-refractivity contribution in [3.63, 3.8) is 0 Å². The van der Waals surface area contributed by atoms with Gasteiger partial charge in [-0.15, -0.1) is 23.4 Å². The molecule has 3 heterocycles. The van der Waals surface area contributed by atoms with Crippen LogP contribution in [0.3, 0.4) is 0 Å². The SMILES string of the molecule is CCOC(=O)C1(c2nnc(Nc3cc4nc(-c5ccc(OC(F)(F)F)cc5)n(C5CC5)c4cc3N3CCN(CC)CC3)s2)CC1. The van der Waals surface area contributed by atoms with E-state index >= 15 is 0 Å². The van der Waals surface area contributed by atoms with Gasteiger partial charge >= 0.3 is 12.3 Å². The van der Waals surface area contributed by atoms with Crippen LogP contribution in [0.5, 0.6) is 5.75 Å². The highest BCUT2D eigenvalue weighted by Crippen LogP contribution is 2.51. The monoisotopic (exact) mass is 641 g/mol. The summed E-state index contributed by atoms with van der Waals surface area (Å²) >= 11 is 1.36. The maximum absolute atomic E-state index is 12.8. The van der Waals surface area contributed by atoms with Crippen LogP contribution in [0.2, 0.25) is 0 Å². The number of piperazine rings is 1. The van der Waals surface area contributed by atoms with Crippen molar-refractivity contribution in [2.24, 2.45) is 0 Å². The standard InChI is InChI=1S/C31H34F3N7O3S/c1-3-39-13-15-40(16-14-39)24-18-25-23(17-22(24)36-29-38-37-27(45-29)30(11-12-30)28(42)43-4-2)35-26(41(25)20-7-8-20)19-5-9-21(10-6-19)44-31(32,33)34/h5-6,9-10,17-18,20H,3-4,7-8,11-16H2,1-2H3,(H,36,38). The van der Waals surface area contributed by atoms with Crippen LogP contribution in [0.4, 0.5) is 29.7 Å². The average molecular weight is 642 g/mol. The molecule has 0 amide bonds. The quantitative estimate of drug-likeness (QED) is 0.201. The molecule has 3 fully saturated rings. The number of ether oxygens (including phenoxy) is 2. The molecule has 0 radical (unpaired) electrons. The Morgan fingerprint density at radius 3 is 2.42 bits per heavy atom. The van der Waals surface area contributed by atoms with Crippen LogP contribution in [0.1, 0.15) is 50.6 Å². The molecule has 7 rings (SSSR count). The summed E-state index contributed by atoms with van der Waals surface area (Å²) in [6, 6.07) is 10.3. The molecule has 0 spiro atoms. The van der Waals surface area contributed by atoms with E-state index in [0.29, 0.717) is 41.0 Å². The van der Waals surface area contributed by atoms with Crippen molar-refractivity contribution in [1.29, 1.82) is 0 Å². The number of hydrogen-bond donors (Lipinski definition) is 1. The predicted molar refractivity (Wildman–Crippen MR) is 165 cm³/mol. The number of nitrogens with one attached hydrogen (secondary N) is 1. The van der Waals surface area contributed by atoms with Gasteiger partial charge in [-0.25, -0.2) is 4.98 Å². The molecule has 1 saturated heterocycles. The fourth-order valence-electron chi connectivity index (χ4n) is 5.99. The minimum Gasteiger partial charge on any atom is -0.465 e. The molecule has 2 aromatic heterocycles. The highest BCUT2D eigenvalue weighted by Gasteiger charge is 2.55. The van der Waals surface area contributed by atoms with E-state index in [9.17, 15) is 18.0 Å². The number of nitrogens with zero attached hydrogens (tertiary/aromatic N) is 6. The van der Waals surface area contributed by atoms with Crippen molar-refractivity contribution < 1.29 is 27.4 Å². The summed E-state index contributed by atoms with van der Waals surface area (Å²) in [5.74, 6) is 0.181. The van der Waals surface area contributed by atoms with Crippen LogP contribution < -0.4 is 15.0 Å². The van der Waals surface area contributed by atoms with Gasteiger partial charge in [0.05, 0.1) is 29.0 Å². The maximum atomic E-state index is 12.8. The first-order valence-corrected chi connectivity index (χ1v) is 16.2. The van der Waals surface area contributed by atoms with Crippen LogP contribution in [-0.2, 0) is 14.9 Å². The van der Waals surface area contributed by atoms with Crippen molar-refractivity contribution in [2.75, 3.05) is 49.5 Å². The molecule has 238 valence electrons. The van der Waals surface area contributed by atoms with E-state index in [1.165, 1.54) is 23.5 Å². The molecule has 45 heavy (non-hydrogen) atoms. The minimum atomic E-state index is -4.75. The molecule has 2 saturated carbocycles. The van der Waals surface area contributed by atoms with Gasteiger partial charge in [-0.05, 0) is 75.5 Å². The number of rotatable bonds is 10. The molecule has 3 aliphatic rings. The van der Waals surface area contributed by atoms with Gasteiger partial charge < -0.3 is 29.2 Å². The summed E-state index contributed by atoms with van der Waals surface area (Å²) < 4.78 is 49.9. The lowest BCUT2D eigenvalue weighted by Crippen LogP contribution is -2.46. The second-order valence-corrected chi connectivity index (χ2v) is 12.7. The Balaban J connectivity index is 1.26. The molecule has 4 aromatic rings. The van der Waals surface area contributed by atoms with E-state index in [0.717, 1.165) is 68.0 Å². The summed E-state index contributed by atoms with van der Waals surface area (Å²) in [4.78, 5) is 22.4. The molecular weight excluding hydrogens is 607 g/mol. The molecule has 2 aromatic carbocycles. The molecule has 0 bridgehead atoms. The fourth-order valence-corrected chi connectivity index (χ4v) is 6.98. The van der Waals surface area contributed by atoms with E-state index in [4.69, 9.17) is 9.72 Å². The summed E-state index contributed by atoms with van der Waals surface area (Å²) in [6.07, 6.45) is -1.34. The Labute approximate surface area is 262 Å². The van der Waals surface area contributed by atoms with Crippen LogP contribution in [0, 0.1) is 0 Å². The van der Waals surface area contributed by atoms with Gasteiger partial charge in [0, 0.05) is 37.8 Å². The third-order valence-electron chi connectivity index (χ3n) is 8.72.